The summed E-state index contributed by atoms with van der Waals surface area (Å²) < 4.78 is 19.0. The normalized spacial score (nSPS) is 10.6. The third-order valence-corrected chi connectivity index (χ3v) is 3.19. The molecule has 1 N–H and O–H groups in total. The van der Waals surface area contributed by atoms with Crippen LogP contribution in [-0.4, -0.2) is 6.26 Å². The molecule has 0 fully saturated rings. The van der Waals surface area contributed by atoms with Crippen molar-refractivity contribution in [2.75, 3.05) is 11.6 Å². The van der Waals surface area contributed by atoms with Gasteiger partial charge < -0.3 is 9.73 Å². The van der Waals surface area contributed by atoms with E-state index in [4.69, 9.17) is 16.0 Å². The third-order valence-electron chi connectivity index (χ3n) is 2.39. The second-order valence-corrected chi connectivity index (χ2v) is 5.08. The first kappa shape index (κ1) is 13.3. The highest BCUT2D eigenvalue weighted by Crippen LogP contribution is 2.21. The van der Waals surface area contributed by atoms with Crippen LogP contribution in [0.25, 0.3) is 0 Å². The highest BCUT2D eigenvalue weighted by Gasteiger charge is 2.05. The molecule has 2 rings (SSSR count). The van der Waals surface area contributed by atoms with Gasteiger partial charge in [-0.15, -0.1) is 0 Å². The Kier molecular flexibility index (Phi) is 4.55. The lowest BCUT2D eigenvalue weighted by Crippen LogP contribution is -2.00. The molecular formula is C13H13ClFNOS. The average molecular weight is 286 g/mol. The Morgan fingerprint density at radius 3 is 2.83 bits per heavy atom. The summed E-state index contributed by atoms with van der Waals surface area (Å²) in [6, 6.07) is 8.24. The van der Waals surface area contributed by atoms with Crippen molar-refractivity contribution in [1.29, 1.82) is 0 Å². The summed E-state index contributed by atoms with van der Waals surface area (Å²) in [5.74, 6) is 2.21. The molecule has 18 heavy (non-hydrogen) atoms. The Hall–Kier alpha value is -1.13. The number of benzene rings is 1. The fraction of sp³-hybridized carbons (Fsp3) is 0.231. The molecule has 5 heteroatoms. The quantitative estimate of drug-likeness (QED) is 0.872. The maximum absolute atomic E-state index is 13.4. The molecule has 0 saturated heterocycles. The van der Waals surface area contributed by atoms with E-state index >= 15 is 0 Å². The molecule has 2 nitrogen and oxygen atoms in total. The van der Waals surface area contributed by atoms with Gasteiger partial charge in [0.05, 0.1) is 18.0 Å². The summed E-state index contributed by atoms with van der Waals surface area (Å²) in [6.45, 7) is 0.436. The SMILES string of the molecule is CSCc1ccc(CNc2cc(Cl)ccc2F)o1. The highest BCUT2D eigenvalue weighted by molar-refractivity contribution is 7.97. The number of hydrogen-bond acceptors (Lipinski definition) is 3. The van der Waals surface area contributed by atoms with Gasteiger partial charge >= 0.3 is 0 Å². The Morgan fingerprint density at radius 1 is 1.28 bits per heavy atom. The largest absolute Gasteiger partial charge is 0.463 e. The molecule has 0 unspecified atom stereocenters. The number of nitrogens with one attached hydrogen (secondary N) is 1. The van der Waals surface area contributed by atoms with Crippen molar-refractivity contribution in [3.8, 4) is 0 Å². The predicted molar refractivity (Wildman–Crippen MR) is 74.7 cm³/mol. The predicted octanol–water partition coefficient (Wildman–Crippen LogP) is 4.55. The minimum atomic E-state index is -0.324. The maximum atomic E-state index is 13.4. The van der Waals surface area contributed by atoms with Crippen LogP contribution in [0.3, 0.4) is 0 Å². The summed E-state index contributed by atoms with van der Waals surface area (Å²) in [5, 5.41) is 3.47. The van der Waals surface area contributed by atoms with E-state index in [-0.39, 0.29) is 5.82 Å². The zero-order valence-corrected chi connectivity index (χ0v) is 11.4. The molecule has 0 aliphatic rings. The highest BCUT2D eigenvalue weighted by atomic mass is 35.5. The van der Waals surface area contributed by atoms with Gasteiger partial charge in [0, 0.05) is 5.02 Å². The second kappa shape index (κ2) is 6.16. The summed E-state index contributed by atoms with van der Waals surface area (Å²) >= 11 is 7.51. The molecule has 1 heterocycles. The van der Waals surface area contributed by atoms with Gasteiger partial charge in [0.2, 0.25) is 0 Å². The number of hydrogen-bond donors (Lipinski definition) is 1. The maximum Gasteiger partial charge on any atom is 0.146 e. The van der Waals surface area contributed by atoms with Gasteiger partial charge in [-0.25, -0.2) is 4.39 Å². The van der Waals surface area contributed by atoms with Gasteiger partial charge in [-0.05, 0) is 36.6 Å². The lowest BCUT2D eigenvalue weighted by molar-refractivity contribution is 0.487. The van der Waals surface area contributed by atoms with Crippen LogP contribution in [0, 0.1) is 5.82 Å². The first-order chi connectivity index (χ1) is 8.69. The minimum Gasteiger partial charge on any atom is -0.463 e. The van der Waals surface area contributed by atoms with Crippen molar-refractivity contribution in [1.82, 2.24) is 0 Å². The first-order valence-electron chi connectivity index (χ1n) is 5.44. The van der Waals surface area contributed by atoms with E-state index in [1.165, 1.54) is 12.1 Å². The van der Waals surface area contributed by atoms with Crippen LogP contribution >= 0.6 is 23.4 Å². The molecule has 0 spiro atoms. The number of rotatable bonds is 5. The molecular weight excluding hydrogens is 273 g/mol. The van der Waals surface area contributed by atoms with E-state index in [1.807, 2.05) is 18.4 Å². The van der Waals surface area contributed by atoms with E-state index in [9.17, 15) is 4.39 Å². The summed E-state index contributed by atoms with van der Waals surface area (Å²) in [6.07, 6.45) is 2.02. The fourth-order valence-electron chi connectivity index (χ4n) is 1.55. The van der Waals surface area contributed by atoms with Gasteiger partial charge in [-0.2, -0.15) is 11.8 Å². The van der Waals surface area contributed by atoms with Crippen LogP contribution in [0.1, 0.15) is 11.5 Å². The average Bonchev–Trinajstić information content (AvgIpc) is 2.79. The van der Waals surface area contributed by atoms with Crippen molar-refractivity contribution in [3.63, 3.8) is 0 Å². The lowest BCUT2D eigenvalue weighted by Gasteiger charge is -2.06. The van der Waals surface area contributed by atoms with Gasteiger partial charge in [0.25, 0.3) is 0 Å². The van der Waals surface area contributed by atoms with Crippen molar-refractivity contribution in [2.24, 2.45) is 0 Å². The first-order valence-corrected chi connectivity index (χ1v) is 7.21. The Bertz CT molecular complexity index is 529. The molecule has 96 valence electrons. The molecule has 0 aliphatic carbocycles. The second-order valence-electron chi connectivity index (χ2n) is 3.78. The Labute approximate surface area is 115 Å². The smallest absolute Gasteiger partial charge is 0.146 e. The molecule has 0 saturated carbocycles. The fourth-order valence-corrected chi connectivity index (χ4v) is 2.16. The Morgan fingerprint density at radius 2 is 2.06 bits per heavy atom. The van der Waals surface area contributed by atoms with E-state index in [1.54, 1.807) is 17.8 Å². The molecule has 0 amide bonds. The zero-order chi connectivity index (χ0) is 13.0. The summed E-state index contributed by atoms with van der Waals surface area (Å²) in [4.78, 5) is 0. The number of furan rings is 1. The van der Waals surface area contributed by atoms with Crippen molar-refractivity contribution >= 4 is 29.1 Å². The summed E-state index contributed by atoms with van der Waals surface area (Å²) in [5.41, 5.74) is 0.380. The van der Waals surface area contributed by atoms with E-state index in [0.717, 1.165) is 17.3 Å². The van der Waals surface area contributed by atoms with Crippen LogP contribution in [-0.2, 0) is 12.3 Å². The zero-order valence-electron chi connectivity index (χ0n) is 9.87. The Balaban J connectivity index is 1.99. The van der Waals surface area contributed by atoms with Crippen LogP contribution in [0.2, 0.25) is 5.02 Å². The van der Waals surface area contributed by atoms with Crippen LogP contribution in [0.5, 0.6) is 0 Å². The van der Waals surface area contributed by atoms with Crippen molar-refractivity contribution in [2.45, 2.75) is 12.3 Å². The van der Waals surface area contributed by atoms with Gasteiger partial charge in [-0.1, -0.05) is 11.6 Å². The number of halogens is 2. The molecule has 0 radical (unpaired) electrons. The lowest BCUT2D eigenvalue weighted by atomic mass is 10.3. The summed E-state index contributed by atoms with van der Waals surface area (Å²) in [7, 11) is 0. The number of anilines is 1. The molecule has 1 aromatic carbocycles. The molecule has 0 atom stereocenters. The minimum absolute atomic E-state index is 0.324. The topological polar surface area (TPSA) is 25.2 Å². The standard InChI is InChI=1S/C13H13ClFNOS/c1-18-8-11-4-3-10(17-11)7-16-13-6-9(14)2-5-12(13)15/h2-6,16H,7-8H2,1H3. The van der Waals surface area contributed by atoms with E-state index < -0.39 is 0 Å². The molecule has 1 aromatic heterocycles. The van der Waals surface area contributed by atoms with Crippen LogP contribution < -0.4 is 5.32 Å². The monoisotopic (exact) mass is 285 g/mol. The molecule has 0 bridgehead atoms. The van der Waals surface area contributed by atoms with Gasteiger partial charge in [0.1, 0.15) is 17.3 Å². The van der Waals surface area contributed by atoms with Gasteiger partial charge in [0.15, 0.2) is 0 Å². The van der Waals surface area contributed by atoms with E-state index in [0.29, 0.717) is 17.3 Å². The van der Waals surface area contributed by atoms with Crippen LogP contribution in [0.15, 0.2) is 34.7 Å². The third kappa shape index (κ3) is 3.43. The van der Waals surface area contributed by atoms with E-state index in [2.05, 4.69) is 5.32 Å². The van der Waals surface area contributed by atoms with Crippen molar-refractivity contribution < 1.29 is 8.81 Å². The van der Waals surface area contributed by atoms with Crippen molar-refractivity contribution in [3.05, 3.63) is 52.7 Å². The molecule has 2 aromatic rings. The molecule has 0 aliphatic heterocycles. The number of thioether (sulfide) groups is 1. The van der Waals surface area contributed by atoms with Crippen LogP contribution in [0.4, 0.5) is 10.1 Å². The van der Waals surface area contributed by atoms with Gasteiger partial charge in [-0.3, -0.25) is 0 Å².